The molecule has 1 fully saturated rings. The average molecular weight is 314 g/mol. The lowest BCUT2D eigenvalue weighted by Gasteiger charge is -2.31. The van der Waals surface area contributed by atoms with E-state index in [0.29, 0.717) is 24.5 Å². The number of piperidine rings is 1. The van der Waals surface area contributed by atoms with Gasteiger partial charge in [-0.2, -0.15) is 0 Å². The van der Waals surface area contributed by atoms with Crippen LogP contribution in [0.2, 0.25) is 5.02 Å². The van der Waals surface area contributed by atoms with Crippen LogP contribution in [-0.4, -0.2) is 36.3 Å². The zero-order chi connectivity index (χ0) is 15.4. The Kier molecular flexibility index (Phi) is 5.01. The summed E-state index contributed by atoms with van der Waals surface area (Å²) in [7, 11) is 0. The maximum atomic E-state index is 13.6. The average Bonchev–Trinajstić information content (AvgIpc) is 2.46. The third kappa shape index (κ3) is 4.07. The molecular formula is C14H17ClFN3O2. The Morgan fingerprint density at radius 2 is 2.24 bits per heavy atom. The minimum atomic E-state index is -0.510. The van der Waals surface area contributed by atoms with Crippen LogP contribution in [-0.2, 0) is 9.59 Å². The first-order valence-electron chi connectivity index (χ1n) is 6.73. The van der Waals surface area contributed by atoms with Gasteiger partial charge in [-0.15, -0.1) is 0 Å². The fourth-order valence-corrected chi connectivity index (χ4v) is 2.51. The number of hydrogen-bond donors (Lipinski definition) is 2. The zero-order valence-electron chi connectivity index (χ0n) is 11.4. The number of rotatable bonds is 4. The number of halogens is 2. The number of nitrogens with zero attached hydrogens (tertiary/aromatic N) is 1. The van der Waals surface area contributed by atoms with Crippen molar-refractivity contribution < 1.29 is 14.0 Å². The van der Waals surface area contributed by atoms with Gasteiger partial charge in [0.15, 0.2) is 0 Å². The highest BCUT2D eigenvalue weighted by molar-refractivity contribution is 6.30. The molecule has 1 atom stereocenters. The molecule has 2 amide bonds. The molecule has 0 radical (unpaired) electrons. The van der Waals surface area contributed by atoms with E-state index >= 15 is 0 Å². The molecule has 1 aromatic carbocycles. The number of nitrogens with one attached hydrogen (secondary N) is 1. The Labute approximate surface area is 127 Å². The van der Waals surface area contributed by atoms with Crippen LogP contribution < -0.4 is 11.1 Å². The predicted molar refractivity (Wildman–Crippen MR) is 78.4 cm³/mol. The number of hydrogen-bond acceptors (Lipinski definition) is 3. The Morgan fingerprint density at radius 3 is 2.90 bits per heavy atom. The molecule has 1 aliphatic rings. The van der Waals surface area contributed by atoms with Crippen LogP contribution >= 0.6 is 11.6 Å². The third-order valence-electron chi connectivity index (χ3n) is 3.54. The number of carbonyl (C=O) groups excluding carboxylic acids is 2. The second kappa shape index (κ2) is 6.76. The molecule has 1 unspecified atom stereocenters. The van der Waals surface area contributed by atoms with Gasteiger partial charge >= 0.3 is 0 Å². The predicted octanol–water partition coefficient (Wildman–Crippen LogP) is 1.61. The Morgan fingerprint density at radius 1 is 1.48 bits per heavy atom. The Hall–Kier alpha value is -1.82. The van der Waals surface area contributed by atoms with Gasteiger partial charge in [0.2, 0.25) is 11.8 Å². The van der Waals surface area contributed by atoms with Gasteiger partial charge in [-0.05, 0) is 31.0 Å². The molecule has 0 saturated carbocycles. The van der Waals surface area contributed by atoms with Crippen LogP contribution in [0.1, 0.15) is 12.8 Å². The molecule has 0 spiro atoms. The topological polar surface area (TPSA) is 75.4 Å². The highest BCUT2D eigenvalue weighted by Crippen LogP contribution is 2.19. The minimum Gasteiger partial charge on any atom is -0.374 e. The molecule has 7 heteroatoms. The van der Waals surface area contributed by atoms with Gasteiger partial charge in [0.1, 0.15) is 5.82 Å². The van der Waals surface area contributed by atoms with Gasteiger partial charge in [-0.25, -0.2) is 4.39 Å². The van der Waals surface area contributed by atoms with Crippen LogP contribution in [0, 0.1) is 11.7 Å². The first-order valence-corrected chi connectivity index (χ1v) is 7.11. The summed E-state index contributed by atoms with van der Waals surface area (Å²) in [5, 5.41) is 3.04. The van der Waals surface area contributed by atoms with E-state index in [9.17, 15) is 14.0 Å². The Balaban J connectivity index is 1.90. The SMILES string of the molecule is NC(=O)C1CCCN(C(=O)CNc2ccc(Cl)cc2F)C1. The third-order valence-corrected chi connectivity index (χ3v) is 3.77. The molecule has 3 N–H and O–H groups in total. The van der Waals surface area contributed by atoms with Crippen molar-refractivity contribution >= 4 is 29.1 Å². The maximum Gasteiger partial charge on any atom is 0.241 e. The van der Waals surface area contributed by atoms with E-state index in [2.05, 4.69) is 5.32 Å². The van der Waals surface area contributed by atoms with Crippen LogP contribution in [0.25, 0.3) is 0 Å². The van der Waals surface area contributed by atoms with Crippen molar-refractivity contribution in [3.05, 3.63) is 29.0 Å². The molecule has 2 rings (SSSR count). The highest BCUT2D eigenvalue weighted by atomic mass is 35.5. The second-order valence-electron chi connectivity index (χ2n) is 5.06. The summed E-state index contributed by atoms with van der Waals surface area (Å²) in [5.74, 6) is -1.38. The van der Waals surface area contributed by atoms with Crippen LogP contribution in [0.3, 0.4) is 0 Å². The van der Waals surface area contributed by atoms with Gasteiger partial charge in [0.05, 0.1) is 18.2 Å². The summed E-state index contributed by atoms with van der Waals surface area (Å²) >= 11 is 5.66. The number of nitrogens with two attached hydrogens (primary N) is 1. The summed E-state index contributed by atoms with van der Waals surface area (Å²) in [5.41, 5.74) is 5.49. The van der Waals surface area contributed by atoms with Crippen LogP contribution in [0.4, 0.5) is 10.1 Å². The van der Waals surface area contributed by atoms with Gasteiger partial charge in [-0.3, -0.25) is 9.59 Å². The molecule has 0 aliphatic carbocycles. The van der Waals surface area contributed by atoms with E-state index in [1.165, 1.54) is 12.1 Å². The lowest BCUT2D eigenvalue weighted by atomic mass is 9.97. The van der Waals surface area contributed by atoms with Gasteiger partial charge in [0.25, 0.3) is 0 Å². The molecule has 1 aliphatic heterocycles. The van der Waals surface area contributed by atoms with Crippen LogP contribution in [0.15, 0.2) is 18.2 Å². The van der Waals surface area contributed by atoms with E-state index < -0.39 is 5.82 Å². The van der Waals surface area contributed by atoms with Crippen LogP contribution in [0.5, 0.6) is 0 Å². The summed E-state index contributed by atoms with van der Waals surface area (Å²) in [6, 6.07) is 4.20. The monoisotopic (exact) mass is 313 g/mol. The summed E-state index contributed by atoms with van der Waals surface area (Å²) in [4.78, 5) is 24.8. The molecule has 5 nitrogen and oxygen atoms in total. The molecule has 21 heavy (non-hydrogen) atoms. The van der Waals surface area contributed by atoms with Crippen molar-refractivity contribution in [2.45, 2.75) is 12.8 Å². The summed E-state index contributed by atoms with van der Waals surface area (Å²) < 4.78 is 13.6. The first-order chi connectivity index (χ1) is 9.97. The van der Waals surface area contributed by atoms with Crippen molar-refractivity contribution in [1.82, 2.24) is 4.90 Å². The second-order valence-corrected chi connectivity index (χ2v) is 5.50. The number of benzene rings is 1. The smallest absolute Gasteiger partial charge is 0.241 e. The molecule has 1 saturated heterocycles. The van der Waals surface area contributed by atoms with Gasteiger partial charge < -0.3 is 16.0 Å². The van der Waals surface area contributed by atoms with Crippen molar-refractivity contribution in [1.29, 1.82) is 0 Å². The van der Waals surface area contributed by atoms with E-state index in [1.54, 1.807) is 11.0 Å². The van der Waals surface area contributed by atoms with E-state index in [0.717, 1.165) is 6.42 Å². The summed E-state index contributed by atoms with van der Waals surface area (Å²) in [6.45, 7) is 0.885. The number of anilines is 1. The standard InChI is InChI=1S/C14H17ClFN3O2/c15-10-3-4-12(11(16)6-10)18-7-13(20)19-5-1-2-9(8-19)14(17)21/h3-4,6,9,18H,1-2,5,7-8H2,(H2,17,21). The molecular weight excluding hydrogens is 297 g/mol. The number of amides is 2. The fourth-order valence-electron chi connectivity index (χ4n) is 2.35. The maximum absolute atomic E-state index is 13.6. The largest absolute Gasteiger partial charge is 0.374 e. The molecule has 0 bridgehead atoms. The quantitative estimate of drug-likeness (QED) is 0.887. The number of likely N-dealkylation sites (tertiary alicyclic amines) is 1. The number of primary amides is 1. The van der Waals surface area contributed by atoms with Crippen molar-refractivity contribution in [2.75, 3.05) is 25.0 Å². The molecule has 1 aromatic rings. The first kappa shape index (κ1) is 15.6. The minimum absolute atomic E-state index is 0.0377. The van der Waals surface area contributed by atoms with Gasteiger partial charge in [-0.1, -0.05) is 11.6 Å². The number of carbonyl (C=O) groups is 2. The lowest BCUT2D eigenvalue weighted by Crippen LogP contribution is -2.46. The van der Waals surface area contributed by atoms with Gasteiger partial charge in [0, 0.05) is 18.1 Å². The van der Waals surface area contributed by atoms with Crippen molar-refractivity contribution in [3.63, 3.8) is 0 Å². The normalized spacial score (nSPS) is 18.4. The molecule has 114 valence electrons. The van der Waals surface area contributed by atoms with Crippen molar-refractivity contribution in [2.24, 2.45) is 11.7 Å². The van der Waals surface area contributed by atoms with E-state index in [4.69, 9.17) is 17.3 Å². The fraction of sp³-hybridized carbons (Fsp3) is 0.429. The zero-order valence-corrected chi connectivity index (χ0v) is 12.2. The van der Waals surface area contributed by atoms with Crippen molar-refractivity contribution in [3.8, 4) is 0 Å². The Bertz CT molecular complexity index is 553. The molecule has 1 heterocycles. The summed E-state index contributed by atoms with van der Waals surface area (Å²) in [6.07, 6.45) is 1.45. The van der Waals surface area contributed by atoms with E-state index in [1.807, 2.05) is 0 Å². The van der Waals surface area contributed by atoms with E-state index in [-0.39, 0.29) is 30.0 Å². The highest BCUT2D eigenvalue weighted by Gasteiger charge is 2.26. The molecule has 0 aromatic heterocycles. The lowest BCUT2D eigenvalue weighted by molar-refractivity contribution is -0.133.